The van der Waals surface area contributed by atoms with Gasteiger partial charge in [0.05, 0.1) is 50.3 Å². The van der Waals surface area contributed by atoms with Crippen LogP contribution < -0.4 is 23.8 Å². The number of ketones is 1. The van der Waals surface area contributed by atoms with Gasteiger partial charge < -0.3 is 24.1 Å². The molecule has 1 fully saturated rings. The zero-order chi connectivity index (χ0) is 29.6. The molecular formula is C31H30N2O7S. The minimum atomic E-state index is -1.03. The number of aliphatic hydroxyl groups is 1. The van der Waals surface area contributed by atoms with Crippen molar-refractivity contribution in [1.29, 1.82) is 0 Å². The number of carbonyl (C=O) groups is 2. The molecule has 1 saturated heterocycles. The summed E-state index contributed by atoms with van der Waals surface area (Å²) in [5.41, 5.74) is 4.27. The zero-order valence-electron chi connectivity index (χ0n) is 23.8. The van der Waals surface area contributed by atoms with E-state index in [1.54, 1.807) is 37.4 Å². The lowest BCUT2D eigenvalue weighted by Gasteiger charge is -2.24. The van der Waals surface area contributed by atoms with Crippen LogP contribution in [0.25, 0.3) is 16.0 Å². The molecule has 0 spiro atoms. The topological polar surface area (TPSA) is 107 Å². The van der Waals surface area contributed by atoms with Crippen LogP contribution in [0.3, 0.4) is 0 Å². The number of rotatable bonds is 7. The number of hydrogen-bond donors (Lipinski definition) is 1. The number of ether oxygens (including phenoxy) is 4. The number of methoxy groups -OCH3 is 4. The predicted molar refractivity (Wildman–Crippen MR) is 158 cm³/mol. The average Bonchev–Trinajstić information content (AvgIpc) is 3.49. The number of amides is 1. The zero-order valence-corrected chi connectivity index (χ0v) is 24.6. The van der Waals surface area contributed by atoms with Crippen LogP contribution in [0.2, 0.25) is 0 Å². The Morgan fingerprint density at radius 2 is 1.51 bits per heavy atom. The molecule has 0 saturated carbocycles. The number of Topliss-reactive ketones (excluding diaryl/α,β-unsaturated/α-hetero) is 1. The normalized spacial score (nSPS) is 16.4. The first-order valence-electron chi connectivity index (χ1n) is 12.8. The Morgan fingerprint density at radius 1 is 0.854 bits per heavy atom. The van der Waals surface area contributed by atoms with E-state index in [1.807, 2.05) is 32.9 Å². The molecule has 41 heavy (non-hydrogen) atoms. The van der Waals surface area contributed by atoms with Gasteiger partial charge in [-0.05, 0) is 79.4 Å². The first-order valence-corrected chi connectivity index (χ1v) is 13.6. The van der Waals surface area contributed by atoms with Gasteiger partial charge in [-0.25, -0.2) is 4.98 Å². The smallest absolute Gasteiger partial charge is 0.301 e. The van der Waals surface area contributed by atoms with Crippen molar-refractivity contribution in [3.63, 3.8) is 0 Å². The van der Waals surface area contributed by atoms with Crippen molar-refractivity contribution >= 4 is 44.1 Å². The molecule has 0 bridgehead atoms. The highest BCUT2D eigenvalue weighted by molar-refractivity contribution is 7.22. The average molecular weight is 575 g/mol. The first kappa shape index (κ1) is 28.0. The second kappa shape index (κ2) is 10.8. The Labute approximate surface area is 241 Å². The highest BCUT2D eigenvalue weighted by Gasteiger charge is 2.48. The summed E-state index contributed by atoms with van der Waals surface area (Å²) < 4.78 is 22.9. The third-order valence-electron chi connectivity index (χ3n) is 7.14. The molecule has 0 unspecified atom stereocenters. The number of nitrogens with zero attached hydrogens (tertiary/aromatic N) is 2. The lowest BCUT2D eigenvalue weighted by molar-refractivity contribution is -0.132. The molecule has 1 amide bonds. The van der Waals surface area contributed by atoms with Crippen LogP contribution >= 0.6 is 11.3 Å². The summed E-state index contributed by atoms with van der Waals surface area (Å²) >= 11 is 1.31. The number of benzene rings is 3. The Morgan fingerprint density at radius 3 is 2.10 bits per heavy atom. The van der Waals surface area contributed by atoms with Crippen molar-refractivity contribution in [2.75, 3.05) is 33.3 Å². The maximum Gasteiger partial charge on any atom is 0.301 e. The summed E-state index contributed by atoms with van der Waals surface area (Å²) in [5.74, 6) is -0.294. The van der Waals surface area contributed by atoms with Crippen molar-refractivity contribution < 1.29 is 33.6 Å². The summed E-state index contributed by atoms with van der Waals surface area (Å²) in [7, 11) is 6.01. The molecule has 1 atom stereocenters. The number of aliphatic hydroxyl groups excluding tert-OH is 1. The Balaban J connectivity index is 1.80. The van der Waals surface area contributed by atoms with Gasteiger partial charge in [0, 0.05) is 5.56 Å². The van der Waals surface area contributed by atoms with Gasteiger partial charge in [0.15, 0.2) is 16.6 Å². The standard InChI is InChI=1S/C31H30N2O7S/c1-15-10-17(3)25-23(11-15)41-31(32-25)33-26(19-13-21(38-5)29(40-7)22(14-19)39-6)24(28(35)30(33)36)27(34)18-8-9-20(37-4)16(2)12-18/h8-14,26,34H,1-7H3/b27-24+/t26-/m0/s1. The summed E-state index contributed by atoms with van der Waals surface area (Å²) in [4.78, 5) is 33.6. The second-order valence-electron chi connectivity index (χ2n) is 9.74. The molecule has 1 aliphatic rings. The van der Waals surface area contributed by atoms with Crippen LogP contribution in [-0.4, -0.2) is 50.2 Å². The van der Waals surface area contributed by atoms with Crippen molar-refractivity contribution in [1.82, 2.24) is 4.98 Å². The summed E-state index contributed by atoms with van der Waals surface area (Å²) in [6.45, 7) is 5.77. The molecule has 0 radical (unpaired) electrons. The molecule has 1 N–H and O–H groups in total. The summed E-state index contributed by atoms with van der Waals surface area (Å²) in [6.07, 6.45) is 0. The minimum Gasteiger partial charge on any atom is -0.507 e. The van der Waals surface area contributed by atoms with Gasteiger partial charge in [0.1, 0.15) is 11.5 Å². The summed E-state index contributed by atoms with van der Waals surface area (Å²) in [6, 6.07) is 11.4. The molecule has 9 nitrogen and oxygen atoms in total. The largest absolute Gasteiger partial charge is 0.507 e. The van der Waals surface area contributed by atoms with Gasteiger partial charge >= 0.3 is 5.91 Å². The SMILES string of the molecule is COc1ccc(/C(O)=C2\C(=O)C(=O)N(c3nc4c(C)cc(C)cc4s3)[C@H]2c2cc(OC)c(OC)c(OC)c2)cc1C. The second-order valence-corrected chi connectivity index (χ2v) is 10.7. The third-order valence-corrected chi connectivity index (χ3v) is 8.14. The monoisotopic (exact) mass is 574 g/mol. The fourth-order valence-corrected chi connectivity index (χ4v) is 6.42. The van der Waals surface area contributed by atoms with Crippen molar-refractivity contribution in [3.05, 3.63) is 75.9 Å². The van der Waals surface area contributed by atoms with Crippen molar-refractivity contribution in [3.8, 4) is 23.0 Å². The molecule has 4 aromatic rings. The van der Waals surface area contributed by atoms with Crippen molar-refractivity contribution in [2.45, 2.75) is 26.8 Å². The van der Waals surface area contributed by atoms with E-state index in [2.05, 4.69) is 0 Å². The van der Waals surface area contributed by atoms with E-state index in [0.717, 1.165) is 26.9 Å². The maximum atomic E-state index is 13.8. The molecule has 5 rings (SSSR count). The Kier molecular flexibility index (Phi) is 7.35. The number of aromatic nitrogens is 1. The molecule has 10 heteroatoms. The maximum absolute atomic E-state index is 13.8. The molecule has 3 aromatic carbocycles. The molecule has 0 aliphatic carbocycles. The minimum absolute atomic E-state index is 0.0824. The lowest BCUT2D eigenvalue weighted by Crippen LogP contribution is -2.29. The van der Waals surface area contributed by atoms with Gasteiger partial charge in [-0.3, -0.25) is 14.5 Å². The molecule has 2 heterocycles. The number of thiazole rings is 1. The van der Waals surface area contributed by atoms with E-state index in [9.17, 15) is 14.7 Å². The number of anilines is 1. The van der Waals surface area contributed by atoms with Gasteiger partial charge in [-0.2, -0.15) is 0 Å². The van der Waals surface area contributed by atoms with Gasteiger partial charge in [0.2, 0.25) is 5.75 Å². The van der Waals surface area contributed by atoms with Crippen LogP contribution in [0, 0.1) is 20.8 Å². The van der Waals surface area contributed by atoms with Crippen molar-refractivity contribution in [2.24, 2.45) is 0 Å². The van der Waals surface area contributed by atoms with E-state index < -0.39 is 17.7 Å². The van der Waals surface area contributed by atoms with Crippen LogP contribution in [0.5, 0.6) is 23.0 Å². The van der Waals surface area contributed by atoms with Gasteiger partial charge in [-0.1, -0.05) is 17.4 Å². The third kappa shape index (κ3) is 4.63. The van der Waals surface area contributed by atoms with E-state index >= 15 is 0 Å². The molecule has 1 aromatic heterocycles. The van der Waals surface area contributed by atoms with Crippen LogP contribution in [0.15, 0.2) is 48.0 Å². The van der Waals surface area contributed by atoms with E-state index in [1.165, 1.54) is 37.6 Å². The summed E-state index contributed by atoms with van der Waals surface area (Å²) in [5, 5.41) is 11.9. The number of aryl methyl sites for hydroxylation is 3. The molecule has 212 valence electrons. The quantitative estimate of drug-likeness (QED) is 0.166. The van der Waals surface area contributed by atoms with Gasteiger partial charge in [0.25, 0.3) is 5.78 Å². The first-order chi connectivity index (χ1) is 19.6. The Hall–Kier alpha value is -4.57. The highest BCUT2D eigenvalue weighted by atomic mass is 32.1. The number of hydrogen-bond acceptors (Lipinski definition) is 9. The van der Waals surface area contributed by atoms with E-state index in [4.69, 9.17) is 23.9 Å². The van der Waals surface area contributed by atoms with Crippen LogP contribution in [0.1, 0.15) is 33.9 Å². The van der Waals surface area contributed by atoms with Crippen LogP contribution in [-0.2, 0) is 9.59 Å². The van der Waals surface area contributed by atoms with E-state index in [0.29, 0.717) is 39.3 Å². The highest BCUT2D eigenvalue weighted by Crippen LogP contribution is 2.48. The molecule has 1 aliphatic heterocycles. The Bertz CT molecular complexity index is 1720. The van der Waals surface area contributed by atoms with E-state index in [-0.39, 0.29) is 11.3 Å². The fraction of sp³-hybridized carbons (Fsp3) is 0.258. The van der Waals surface area contributed by atoms with Gasteiger partial charge in [-0.15, -0.1) is 0 Å². The molecular weight excluding hydrogens is 544 g/mol. The predicted octanol–water partition coefficient (Wildman–Crippen LogP) is 5.88. The van der Waals surface area contributed by atoms with Crippen LogP contribution in [0.4, 0.5) is 5.13 Å². The number of carbonyl (C=O) groups excluding carboxylic acids is 2. The fourth-order valence-electron chi connectivity index (χ4n) is 5.25. The lowest BCUT2D eigenvalue weighted by atomic mass is 9.94. The number of fused-ring (bicyclic) bond motifs is 1.